The number of benzene rings is 1. The predicted molar refractivity (Wildman–Crippen MR) is 115 cm³/mol. The van der Waals surface area contributed by atoms with Crippen molar-refractivity contribution in [1.29, 1.82) is 0 Å². The van der Waals surface area contributed by atoms with E-state index in [1.54, 1.807) is 4.90 Å². The van der Waals surface area contributed by atoms with Crippen molar-refractivity contribution >= 4 is 27.7 Å². The first kappa shape index (κ1) is 22.7. The average molecular weight is 466 g/mol. The quantitative estimate of drug-likeness (QED) is 0.591. The molecule has 174 valence electrons. The fraction of sp³-hybridized carbons (Fsp3) is 0.591. The summed E-state index contributed by atoms with van der Waals surface area (Å²) in [7, 11) is -3.18. The van der Waals surface area contributed by atoms with E-state index in [2.05, 4.69) is 5.32 Å². The van der Waals surface area contributed by atoms with Crippen molar-refractivity contribution in [1.82, 2.24) is 15.1 Å². The van der Waals surface area contributed by atoms with Crippen molar-refractivity contribution in [3.63, 3.8) is 0 Å². The zero-order chi connectivity index (χ0) is 23.1. The van der Waals surface area contributed by atoms with E-state index in [1.165, 1.54) is 24.3 Å². The van der Waals surface area contributed by atoms with E-state index in [9.17, 15) is 27.2 Å². The number of unbranched alkanes of at least 4 members (excludes halogenated alkanes) is 1. The molecule has 4 rings (SSSR count). The van der Waals surface area contributed by atoms with Gasteiger partial charge in [0.2, 0.25) is 5.91 Å². The number of rotatable bonds is 8. The molecule has 1 saturated carbocycles. The van der Waals surface area contributed by atoms with E-state index in [0.717, 1.165) is 24.2 Å². The van der Waals surface area contributed by atoms with E-state index in [1.807, 2.05) is 6.92 Å². The lowest BCUT2D eigenvalue weighted by Gasteiger charge is -2.30. The molecule has 0 aromatic heterocycles. The summed E-state index contributed by atoms with van der Waals surface area (Å²) in [5.74, 6) is -1.43. The van der Waals surface area contributed by atoms with Gasteiger partial charge in [0.15, 0.2) is 9.84 Å². The summed E-state index contributed by atoms with van der Waals surface area (Å²) in [6.45, 7) is 1.52. The number of nitrogens with zero attached hydrogens (tertiary/aromatic N) is 2. The summed E-state index contributed by atoms with van der Waals surface area (Å²) in [4.78, 5) is 42.0. The molecule has 1 aliphatic carbocycles. The number of halogens is 1. The fourth-order valence-corrected chi connectivity index (χ4v) is 6.44. The van der Waals surface area contributed by atoms with Gasteiger partial charge >= 0.3 is 6.03 Å². The topological polar surface area (TPSA) is 104 Å². The molecule has 2 unspecified atom stereocenters. The molecule has 2 heterocycles. The SMILES string of the molecule is CCCCC1(c2ccc(F)cc2)NC(=O)N(CC(=O)N(C2CC2)C2CCS(=O)(=O)C2)C1=O. The first-order valence-electron chi connectivity index (χ1n) is 11.1. The highest BCUT2D eigenvalue weighted by Crippen LogP contribution is 2.36. The molecule has 32 heavy (non-hydrogen) atoms. The average Bonchev–Trinajstić information content (AvgIpc) is 3.46. The van der Waals surface area contributed by atoms with E-state index >= 15 is 0 Å². The molecule has 0 radical (unpaired) electrons. The Balaban J connectivity index is 1.57. The van der Waals surface area contributed by atoms with Gasteiger partial charge in [-0.1, -0.05) is 31.9 Å². The molecule has 10 heteroatoms. The van der Waals surface area contributed by atoms with Crippen molar-refractivity contribution in [3.8, 4) is 0 Å². The maximum absolute atomic E-state index is 13.5. The molecule has 3 fully saturated rings. The second-order valence-corrected chi connectivity index (χ2v) is 11.2. The second-order valence-electron chi connectivity index (χ2n) is 8.93. The van der Waals surface area contributed by atoms with Crippen LogP contribution in [0.2, 0.25) is 0 Å². The summed E-state index contributed by atoms with van der Waals surface area (Å²) in [5.41, 5.74) is -0.871. The van der Waals surface area contributed by atoms with E-state index < -0.39 is 51.6 Å². The molecule has 1 N–H and O–H groups in total. The van der Waals surface area contributed by atoms with Crippen LogP contribution in [-0.4, -0.2) is 66.2 Å². The third-order valence-electron chi connectivity index (χ3n) is 6.54. The number of amides is 4. The van der Waals surface area contributed by atoms with Gasteiger partial charge in [-0.05, 0) is 43.4 Å². The van der Waals surface area contributed by atoms with Crippen molar-refractivity contribution in [2.24, 2.45) is 0 Å². The molecular formula is C22H28FN3O5S. The molecule has 0 bridgehead atoms. The monoisotopic (exact) mass is 465 g/mol. The zero-order valence-corrected chi connectivity index (χ0v) is 18.9. The lowest BCUT2D eigenvalue weighted by atomic mass is 9.85. The zero-order valence-electron chi connectivity index (χ0n) is 18.0. The van der Waals surface area contributed by atoms with Gasteiger partial charge < -0.3 is 10.2 Å². The van der Waals surface area contributed by atoms with Gasteiger partial charge in [-0.2, -0.15) is 0 Å². The standard InChI is InChI=1S/C22H28FN3O5S/c1-2-3-11-22(15-4-6-16(23)7-5-15)20(28)25(21(29)24-22)13-19(27)26(17-8-9-17)18-10-12-32(30,31)14-18/h4-7,17-18H,2-3,8-14H2,1H3,(H,24,29). The number of imide groups is 1. The third kappa shape index (κ3) is 4.24. The van der Waals surface area contributed by atoms with Crippen LogP contribution in [0.15, 0.2) is 24.3 Å². The van der Waals surface area contributed by atoms with Crippen LogP contribution in [0.5, 0.6) is 0 Å². The number of hydrogen-bond donors (Lipinski definition) is 1. The molecule has 4 amide bonds. The largest absolute Gasteiger partial charge is 0.334 e. The molecule has 0 spiro atoms. The van der Waals surface area contributed by atoms with Crippen molar-refractivity contribution in [3.05, 3.63) is 35.6 Å². The highest BCUT2D eigenvalue weighted by molar-refractivity contribution is 7.91. The number of nitrogens with one attached hydrogen (secondary N) is 1. The van der Waals surface area contributed by atoms with Gasteiger partial charge in [0.25, 0.3) is 5.91 Å². The molecule has 2 aliphatic heterocycles. The molecule has 8 nitrogen and oxygen atoms in total. The van der Waals surface area contributed by atoms with Gasteiger partial charge in [0.1, 0.15) is 17.9 Å². The van der Waals surface area contributed by atoms with Gasteiger partial charge in [-0.25, -0.2) is 17.6 Å². The van der Waals surface area contributed by atoms with Crippen molar-refractivity contribution in [2.75, 3.05) is 18.1 Å². The number of sulfone groups is 1. The highest BCUT2D eigenvalue weighted by atomic mass is 32.2. The van der Waals surface area contributed by atoms with Crippen LogP contribution in [0.25, 0.3) is 0 Å². The first-order chi connectivity index (χ1) is 15.2. The maximum Gasteiger partial charge on any atom is 0.325 e. The smallest absolute Gasteiger partial charge is 0.325 e. The van der Waals surface area contributed by atoms with Crippen LogP contribution in [-0.2, 0) is 25.0 Å². The highest BCUT2D eigenvalue weighted by Gasteiger charge is 2.53. The molecule has 2 atom stereocenters. The second kappa shape index (κ2) is 8.46. The molecular weight excluding hydrogens is 437 g/mol. The summed E-state index contributed by atoms with van der Waals surface area (Å²) >= 11 is 0. The number of hydrogen-bond acceptors (Lipinski definition) is 5. The minimum Gasteiger partial charge on any atom is -0.334 e. The normalized spacial score (nSPS) is 26.9. The Morgan fingerprint density at radius 1 is 1.19 bits per heavy atom. The first-order valence-corrected chi connectivity index (χ1v) is 12.9. The summed E-state index contributed by atoms with van der Waals surface area (Å²) in [6, 6.07) is 4.32. The van der Waals surface area contributed by atoms with E-state index in [0.29, 0.717) is 24.8 Å². The molecule has 1 aromatic rings. The fourth-order valence-electron chi connectivity index (χ4n) is 4.73. The Morgan fingerprint density at radius 3 is 2.44 bits per heavy atom. The maximum atomic E-state index is 13.5. The Bertz CT molecular complexity index is 1020. The molecule has 2 saturated heterocycles. The van der Waals surface area contributed by atoms with Gasteiger partial charge in [-0.3, -0.25) is 14.5 Å². The Morgan fingerprint density at radius 2 is 1.88 bits per heavy atom. The summed E-state index contributed by atoms with van der Waals surface area (Å²) in [6.07, 6.45) is 3.73. The van der Waals surface area contributed by atoms with Crippen LogP contribution < -0.4 is 5.32 Å². The Labute approximate surface area is 187 Å². The van der Waals surface area contributed by atoms with Crippen LogP contribution in [0.1, 0.15) is 51.0 Å². The van der Waals surface area contributed by atoms with Gasteiger partial charge in [-0.15, -0.1) is 0 Å². The summed E-state index contributed by atoms with van der Waals surface area (Å²) < 4.78 is 37.3. The van der Waals surface area contributed by atoms with Crippen LogP contribution in [0, 0.1) is 5.82 Å². The Hall–Kier alpha value is -2.49. The lowest BCUT2D eigenvalue weighted by Crippen LogP contribution is -2.49. The van der Waals surface area contributed by atoms with Crippen molar-refractivity contribution < 1.29 is 27.2 Å². The van der Waals surface area contributed by atoms with Crippen LogP contribution in [0.3, 0.4) is 0 Å². The predicted octanol–water partition coefficient (Wildman–Crippen LogP) is 1.94. The minimum absolute atomic E-state index is 0.0384. The van der Waals surface area contributed by atoms with Gasteiger partial charge in [0, 0.05) is 12.1 Å². The van der Waals surface area contributed by atoms with Crippen LogP contribution in [0.4, 0.5) is 9.18 Å². The van der Waals surface area contributed by atoms with Gasteiger partial charge in [0.05, 0.1) is 11.5 Å². The number of carbonyl (C=O) groups is 3. The molecule has 3 aliphatic rings. The third-order valence-corrected chi connectivity index (χ3v) is 8.29. The van der Waals surface area contributed by atoms with E-state index in [-0.39, 0.29) is 17.5 Å². The summed E-state index contributed by atoms with van der Waals surface area (Å²) in [5, 5.41) is 2.76. The van der Waals surface area contributed by atoms with Crippen molar-refractivity contribution in [2.45, 2.75) is 63.1 Å². The molecule has 1 aromatic carbocycles. The minimum atomic E-state index is -3.18. The van der Waals surface area contributed by atoms with Crippen LogP contribution >= 0.6 is 0 Å². The lowest BCUT2D eigenvalue weighted by molar-refractivity contribution is -0.140. The van der Waals surface area contributed by atoms with E-state index in [4.69, 9.17) is 0 Å². The number of urea groups is 1. The Kier molecular flexibility index (Phi) is 6.00. The number of carbonyl (C=O) groups excluding carboxylic acids is 3.